The van der Waals surface area contributed by atoms with Gasteiger partial charge in [-0.15, -0.1) is 0 Å². The van der Waals surface area contributed by atoms with Crippen LogP contribution in [-0.2, 0) is 4.84 Å². The maximum atomic E-state index is 12.4. The Balaban J connectivity index is 2.19. The highest BCUT2D eigenvalue weighted by molar-refractivity contribution is 5.93. The van der Waals surface area contributed by atoms with Crippen LogP contribution < -0.4 is 0 Å². The van der Waals surface area contributed by atoms with Crippen molar-refractivity contribution >= 4 is 11.4 Å². The van der Waals surface area contributed by atoms with Gasteiger partial charge in [0, 0.05) is 13.0 Å². The van der Waals surface area contributed by atoms with Gasteiger partial charge in [0.05, 0.1) is 37.0 Å². The molecule has 3 rings (SSSR count). The number of hydrogen-bond acceptors (Lipinski definition) is 4. The monoisotopic (exact) mass is 246 g/mol. The zero-order valence-electron chi connectivity index (χ0n) is 10.3. The number of nitrogens with zero attached hydrogens (tertiary/aromatic N) is 4. The number of hydrogen-bond donors (Lipinski definition) is 0. The van der Waals surface area contributed by atoms with E-state index >= 15 is 0 Å². The molecule has 0 radical (unpaired) electrons. The van der Waals surface area contributed by atoms with Crippen molar-refractivity contribution in [3.8, 4) is 0 Å². The van der Waals surface area contributed by atoms with Gasteiger partial charge in [-0.3, -0.25) is 19.0 Å². The quantitative estimate of drug-likeness (QED) is 0.764. The third kappa shape index (κ3) is 1.65. The number of hydroxylamine groups is 2. The highest BCUT2D eigenvalue weighted by Crippen LogP contribution is 2.40. The summed E-state index contributed by atoms with van der Waals surface area (Å²) < 4.78 is 1.78. The maximum Gasteiger partial charge on any atom is 0.296 e. The first-order chi connectivity index (χ1) is 8.72. The fourth-order valence-corrected chi connectivity index (χ4v) is 2.01. The topological polar surface area (TPSA) is 59.7 Å². The third-order valence-electron chi connectivity index (χ3n) is 3.21. The Hall–Kier alpha value is -1.95. The molecule has 1 amide bonds. The SMILES string of the molecule is CON(C)C(=O)c1c(C2CC2)ncc2cncn12. The molecule has 6 heteroatoms. The molecular formula is C12H14N4O2. The zero-order chi connectivity index (χ0) is 12.7. The van der Waals surface area contributed by atoms with Gasteiger partial charge in [-0.05, 0) is 12.8 Å². The minimum absolute atomic E-state index is 0.199. The lowest BCUT2D eigenvalue weighted by Gasteiger charge is -2.16. The Labute approximate surface area is 104 Å². The van der Waals surface area contributed by atoms with Crippen molar-refractivity contribution < 1.29 is 9.63 Å². The molecule has 0 N–H and O–H groups in total. The second-order valence-electron chi connectivity index (χ2n) is 4.44. The summed E-state index contributed by atoms with van der Waals surface area (Å²) in [6.07, 6.45) is 7.26. The molecule has 2 aromatic heterocycles. The molecule has 1 fully saturated rings. The molecule has 94 valence electrons. The summed E-state index contributed by atoms with van der Waals surface area (Å²) >= 11 is 0. The predicted molar refractivity (Wildman–Crippen MR) is 64.1 cm³/mol. The minimum Gasteiger partial charge on any atom is -0.291 e. The van der Waals surface area contributed by atoms with Crippen LogP contribution >= 0.6 is 0 Å². The molecule has 6 nitrogen and oxygen atoms in total. The molecule has 1 aliphatic carbocycles. The summed E-state index contributed by atoms with van der Waals surface area (Å²) in [4.78, 5) is 25.8. The fraction of sp³-hybridized carbons (Fsp3) is 0.417. The Morgan fingerprint density at radius 2 is 2.28 bits per heavy atom. The van der Waals surface area contributed by atoms with E-state index in [4.69, 9.17) is 4.84 Å². The average molecular weight is 246 g/mol. The van der Waals surface area contributed by atoms with Crippen molar-refractivity contribution in [3.05, 3.63) is 30.1 Å². The predicted octanol–water partition coefficient (Wildman–Crippen LogP) is 1.24. The summed E-state index contributed by atoms with van der Waals surface area (Å²) in [6, 6.07) is 0. The molecule has 0 bridgehead atoms. The van der Waals surface area contributed by atoms with E-state index in [2.05, 4.69) is 9.97 Å². The Morgan fingerprint density at radius 3 is 2.94 bits per heavy atom. The van der Waals surface area contributed by atoms with E-state index < -0.39 is 0 Å². The highest BCUT2D eigenvalue weighted by atomic mass is 16.7. The van der Waals surface area contributed by atoms with Gasteiger partial charge in [-0.25, -0.2) is 10.0 Å². The molecule has 2 heterocycles. The van der Waals surface area contributed by atoms with E-state index in [1.165, 1.54) is 12.2 Å². The molecule has 0 aromatic carbocycles. The van der Waals surface area contributed by atoms with Gasteiger partial charge in [0.1, 0.15) is 5.69 Å². The molecule has 0 unspecified atom stereocenters. The number of aromatic nitrogens is 3. The van der Waals surface area contributed by atoms with Crippen molar-refractivity contribution in [3.63, 3.8) is 0 Å². The molecular weight excluding hydrogens is 232 g/mol. The van der Waals surface area contributed by atoms with Crippen molar-refractivity contribution in [1.29, 1.82) is 0 Å². The van der Waals surface area contributed by atoms with Crippen LogP contribution in [0.25, 0.3) is 5.52 Å². The summed E-state index contributed by atoms with van der Waals surface area (Å²) in [5.74, 6) is 0.191. The van der Waals surface area contributed by atoms with E-state index in [1.807, 2.05) is 0 Å². The number of carbonyl (C=O) groups excluding carboxylic acids is 1. The number of amides is 1. The van der Waals surface area contributed by atoms with Crippen LogP contribution in [0.15, 0.2) is 18.7 Å². The van der Waals surface area contributed by atoms with Gasteiger partial charge < -0.3 is 0 Å². The largest absolute Gasteiger partial charge is 0.296 e. The fourth-order valence-electron chi connectivity index (χ4n) is 2.01. The molecule has 0 aliphatic heterocycles. The number of imidazole rings is 1. The standard InChI is InChI=1S/C12H14N4O2/c1-15(18-2)12(17)11-10(8-3-4-8)14-6-9-5-13-7-16(9)11/h5-8H,3-4H2,1-2H3. The molecule has 0 spiro atoms. The Kier molecular flexibility index (Phi) is 2.52. The van der Waals surface area contributed by atoms with E-state index in [-0.39, 0.29) is 5.91 Å². The van der Waals surface area contributed by atoms with Crippen LogP contribution in [0.1, 0.15) is 34.9 Å². The van der Waals surface area contributed by atoms with Gasteiger partial charge in [-0.1, -0.05) is 0 Å². The van der Waals surface area contributed by atoms with Gasteiger partial charge in [0.15, 0.2) is 0 Å². The Bertz CT molecular complexity index is 603. The van der Waals surface area contributed by atoms with E-state index in [0.29, 0.717) is 11.6 Å². The van der Waals surface area contributed by atoms with E-state index in [9.17, 15) is 4.79 Å². The second-order valence-corrected chi connectivity index (χ2v) is 4.44. The zero-order valence-corrected chi connectivity index (χ0v) is 10.3. The van der Waals surface area contributed by atoms with Gasteiger partial charge in [0.2, 0.25) is 0 Å². The van der Waals surface area contributed by atoms with Gasteiger partial charge in [0.25, 0.3) is 5.91 Å². The van der Waals surface area contributed by atoms with Crippen LogP contribution in [0.2, 0.25) is 0 Å². The first kappa shape index (κ1) is 11.2. The van der Waals surface area contributed by atoms with Crippen molar-refractivity contribution in [1.82, 2.24) is 19.4 Å². The third-order valence-corrected chi connectivity index (χ3v) is 3.21. The van der Waals surface area contributed by atoms with E-state index in [0.717, 1.165) is 24.1 Å². The second kappa shape index (κ2) is 4.06. The average Bonchev–Trinajstić information content (AvgIpc) is 3.13. The van der Waals surface area contributed by atoms with Crippen LogP contribution in [0.3, 0.4) is 0 Å². The van der Waals surface area contributed by atoms with Gasteiger partial charge >= 0.3 is 0 Å². The smallest absolute Gasteiger partial charge is 0.291 e. The first-order valence-corrected chi connectivity index (χ1v) is 5.85. The lowest BCUT2D eigenvalue weighted by Crippen LogP contribution is -2.28. The molecule has 18 heavy (non-hydrogen) atoms. The molecule has 1 saturated carbocycles. The number of carbonyl (C=O) groups is 1. The lowest BCUT2D eigenvalue weighted by molar-refractivity contribution is -0.0762. The van der Waals surface area contributed by atoms with Crippen LogP contribution in [0, 0.1) is 0 Å². The molecule has 2 aromatic rings. The van der Waals surface area contributed by atoms with Gasteiger partial charge in [-0.2, -0.15) is 0 Å². The summed E-state index contributed by atoms with van der Waals surface area (Å²) in [5.41, 5.74) is 2.21. The summed E-state index contributed by atoms with van der Waals surface area (Å²) in [6.45, 7) is 0. The van der Waals surface area contributed by atoms with E-state index in [1.54, 1.807) is 30.2 Å². The highest BCUT2D eigenvalue weighted by Gasteiger charge is 2.32. The number of fused-ring (bicyclic) bond motifs is 1. The van der Waals surface area contributed by atoms with Crippen molar-refractivity contribution in [2.45, 2.75) is 18.8 Å². The molecule has 0 saturated heterocycles. The lowest BCUT2D eigenvalue weighted by atomic mass is 10.2. The number of rotatable bonds is 3. The molecule has 1 aliphatic rings. The van der Waals surface area contributed by atoms with Crippen LogP contribution in [0.4, 0.5) is 0 Å². The normalized spacial score (nSPS) is 15.0. The minimum atomic E-state index is -0.199. The van der Waals surface area contributed by atoms with Crippen LogP contribution in [0.5, 0.6) is 0 Å². The van der Waals surface area contributed by atoms with Crippen molar-refractivity contribution in [2.75, 3.05) is 14.2 Å². The summed E-state index contributed by atoms with van der Waals surface area (Å²) in [7, 11) is 3.06. The first-order valence-electron chi connectivity index (χ1n) is 5.85. The Morgan fingerprint density at radius 1 is 1.50 bits per heavy atom. The van der Waals surface area contributed by atoms with Crippen molar-refractivity contribution in [2.24, 2.45) is 0 Å². The molecule has 0 atom stereocenters. The summed E-state index contributed by atoms with van der Waals surface area (Å²) in [5, 5.41) is 1.21. The van der Waals surface area contributed by atoms with Crippen LogP contribution in [-0.4, -0.2) is 39.5 Å². The maximum absolute atomic E-state index is 12.4.